The van der Waals surface area contributed by atoms with Crippen LogP contribution in [0.15, 0.2) is 140 Å². The van der Waals surface area contributed by atoms with E-state index in [1.165, 1.54) is 65.7 Å². The highest BCUT2D eigenvalue weighted by molar-refractivity contribution is 7.03. The number of rotatable bonds is 3. The first kappa shape index (κ1) is 28.4. The predicted octanol–water partition coefficient (Wildman–Crippen LogP) is 10.0. The van der Waals surface area contributed by atoms with Crippen LogP contribution in [0.25, 0.3) is 72.4 Å². The van der Waals surface area contributed by atoms with Gasteiger partial charge in [0.05, 0.1) is 22.4 Å². The van der Waals surface area contributed by atoms with Gasteiger partial charge in [0.1, 0.15) is 8.07 Å². The average molecular weight is 646 g/mol. The van der Waals surface area contributed by atoms with Crippen LogP contribution in [0.4, 0.5) is 0 Å². The van der Waals surface area contributed by atoms with E-state index in [-0.39, 0.29) is 5.41 Å². The third-order valence-electron chi connectivity index (χ3n) is 11.2. The molecule has 1 aliphatic carbocycles. The van der Waals surface area contributed by atoms with E-state index >= 15 is 0 Å². The highest BCUT2D eigenvalue weighted by atomic mass is 28.3. The number of fused-ring (bicyclic) bond motifs is 10. The lowest BCUT2D eigenvalue weighted by Crippen LogP contribution is -2.50. The molecule has 49 heavy (non-hydrogen) atoms. The monoisotopic (exact) mass is 645 g/mol. The van der Waals surface area contributed by atoms with Gasteiger partial charge in [-0.15, -0.1) is 0 Å². The van der Waals surface area contributed by atoms with Crippen LogP contribution in [0.2, 0.25) is 13.1 Å². The Bertz CT molecular complexity index is 2660. The van der Waals surface area contributed by atoms with Gasteiger partial charge in [-0.2, -0.15) is 0 Å². The van der Waals surface area contributed by atoms with Crippen molar-refractivity contribution in [2.45, 2.75) is 32.4 Å². The zero-order valence-corrected chi connectivity index (χ0v) is 29.1. The summed E-state index contributed by atoms with van der Waals surface area (Å²) in [4.78, 5) is 11.0. The first-order valence-corrected chi connectivity index (χ1v) is 20.2. The minimum absolute atomic E-state index is 0.0679. The summed E-state index contributed by atoms with van der Waals surface area (Å²) in [6.45, 7) is 9.58. The Morgan fingerprint density at radius 1 is 0.551 bits per heavy atom. The molecule has 2 aliphatic rings. The third-order valence-corrected chi connectivity index (χ3v) is 14.5. The Hall–Kier alpha value is -5.58. The van der Waals surface area contributed by atoms with E-state index < -0.39 is 8.07 Å². The van der Waals surface area contributed by atoms with Crippen molar-refractivity contribution in [3.63, 3.8) is 0 Å². The normalized spacial score (nSPS) is 14.9. The Balaban J connectivity index is 1.28. The van der Waals surface area contributed by atoms with Crippen molar-refractivity contribution >= 4 is 40.4 Å². The molecule has 3 heterocycles. The topological polar surface area (TPSA) is 30.7 Å². The molecule has 0 bridgehead atoms. The molecular weight excluding hydrogens is 611 g/mol. The van der Waals surface area contributed by atoms with Crippen molar-refractivity contribution in [2.75, 3.05) is 0 Å². The van der Waals surface area contributed by atoms with Crippen LogP contribution in [-0.2, 0) is 5.41 Å². The van der Waals surface area contributed by atoms with E-state index in [2.05, 4.69) is 171 Å². The van der Waals surface area contributed by atoms with Crippen molar-refractivity contribution in [1.82, 2.24) is 14.5 Å². The largest absolute Gasteiger partial charge is 0.308 e. The number of hydrogen-bond acceptors (Lipinski definition) is 2. The van der Waals surface area contributed by atoms with Crippen molar-refractivity contribution in [1.29, 1.82) is 0 Å². The molecule has 0 amide bonds. The lowest BCUT2D eigenvalue weighted by molar-refractivity contribution is 0.661. The minimum atomic E-state index is -2.10. The quantitative estimate of drug-likeness (QED) is 0.179. The van der Waals surface area contributed by atoms with E-state index in [1.54, 1.807) is 0 Å². The summed E-state index contributed by atoms with van der Waals surface area (Å²) in [5.41, 5.74) is 14.5. The number of benzene rings is 6. The maximum Gasteiger partial charge on any atom is 0.161 e. The number of aromatic nitrogens is 3. The summed E-state index contributed by atoms with van der Waals surface area (Å²) in [5.74, 6) is 0.778. The summed E-state index contributed by atoms with van der Waals surface area (Å²) in [5, 5.41) is 5.22. The molecule has 6 aromatic carbocycles. The van der Waals surface area contributed by atoms with E-state index in [0.717, 1.165) is 28.3 Å². The fraction of sp³-hybridized carbons (Fsp3) is 0.111. The van der Waals surface area contributed by atoms with Gasteiger partial charge < -0.3 is 4.57 Å². The second-order valence-electron chi connectivity index (χ2n) is 14.6. The second kappa shape index (κ2) is 9.97. The molecule has 0 saturated carbocycles. The van der Waals surface area contributed by atoms with Crippen LogP contribution in [0, 0.1) is 0 Å². The molecule has 0 spiro atoms. The van der Waals surface area contributed by atoms with Gasteiger partial charge in [-0.1, -0.05) is 142 Å². The van der Waals surface area contributed by atoms with Gasteiger partial charge in [0.25, 0.3) is 0 Å². The van der Waals surface area contributed by atoms with Crippen molar-refractivity contribution in [3.8, 4) is 50.6 Å². The van der Waals surface area contributed by atoms with Crippen LogP contribution in [0.3, 0.4) is 0 Å². The summed E-state index contributed by atoms with van der Waals surface area (Å²) in [7, 11) is -2.10. The number of nitrogens with zero attached hydrogens (tertiary/aromatic N) is 3. The molecule has 2 aromatic heterocycles. The lowest BCUT2D eigenvalue weighted by atomic mass is 9.82. The van der Waals surface area contributed by atoms with Crippen LogP contribution in [-0.4, -0.2) is 22.6 Å². The Kier molecular flexibility index (Phi) is 5.79. The molecule has 0 saturated heterocycles. The Morgan fingerprint density at radius 2 is 1.22 bits per heavy atom. The molecule has 0 radical (unpaired) electrons. The van der Waals surface area contributed by atoms with Gasteiger partial charge in [-0.3, -0.25) is 0 Å². The van der Waals surface area contributed by atoms with Gasteiger partial charge in [-0.05, 0) is 57.3 Å². The van der Waals surface area contributed by atoms with Crippen molar-refractivity contribution < 1.29 is 0 Å². The fourth-order valence-corrected chi connectivity index (χ4v) is 11.7. The first-order chi connectivity index (χ1) is 23.9. The minimum Gasteiger partial charge on any atom is -0.308 e. The molecule has 3 nitrogen and oxygen atoms in total. The van der Waals surface area contributed by atoms with Gasteiger partial charge in [0.2, 0.25) is 0 Å². The molecule has 1 aliphatic heterocycles. The number of para-hydroxylation sites is 2. The van der Waals surface area contributed by atoms with Gasteiger partial charge in [-0.25, -0.2) is 9.97 Å². The molecule has 8 aromatic rings. The Labute approximate surface area is 287 Å². The molecule has 0 fully saturated rings. The Morgan fingerprint density at radius 3 is 2.06 bits per heavy atom. The van der Waals surface area contributed by atoms with Gasteiger partial charge in [0, 0.05) is 38.2 Å². The highest BCUT2D eigenvalue weighted by Crippen LogP contribution is 2.53. The smallest absolute Gasteiger partial charge is 0.161 e. The second-order valence-corrected chi connectivity index (χ2v) is 18.8. The van der Waals surface area contributed by atoms with Crippen LogP contribution < -0.4 is 10.5 Å². The number of hydrogen-bond donors (Lipinski definition) is 0. The fourth-order valence-electron chi connectivity index (χ4n) is 8.84. The van der Waals surface area contributed by atoms with Gasteiger partial charge in [0.15, 0.2) is 5.82 Å². The SMILES string of the molecule is CC1(C)c2ccccc2-c2c1ccc1c2c2ccccc2n1-c1ccccc1-c1nc(-c2ccccc2)c2c(n1)[Si](C)(C)c1ccccc1-2. The zero-order chi connectivity index (χ0) is 33.1. The maximum absolute atomic E-state index is 5.55. The van der Waals surface area contributed by atoms with E-state index in [1.807, 2.05) is 0 Å². The van der Waals surface area contributed by atoms with E-state index in [4.69, 9.17) is 9.97 Å². The summed E-state index contributed by atoms with van der Waals surface area (Å²) < 4.78 is 2.45. The third kappa shape index (κ3) is 3.78. The molecule has 4 heteroatoms. The molecular formula is C45H35N3Si. The van der Waals surface area contributed by atoms with Crippen molar-refractivity contribution in [3.05, 3.63) is 151 Å². The summed E-state index contributed by atoms with van der Waals surface area (Å²) >= 11 is 0. The molecule has 234 valence electrons. The van der Waals surface area contributed by atoms with Crippen molar-refractivity contribution in [2.24, 2.45) is 0 Å². The zero-order valence-electron chi connectivity index (χ0n) is 28.1. The summed E-state index contributed by atoms with van der Waals surface area (Å²) in [6.07, 6.45) is 0. The molecule has 0 N–H and O–H groups in total. The van der Waals surface area contributed by atoms with E-state index in [0.29, 0.717) is 0 Å². The molecule has 0 atom stereocenters. The summed E-state index contributed by atoms with van der Waals surface area (Å²) in [6, 6.07) is 50.8. The van der Waals surface area contributed by atoms with Crippen LogP contribution in [0.5, 0.6) is 0 Å². The van der Waals surface area contributed by atoms with Gasteiger partial charge >= 0.3 is 0 Å². The van der Waals surface area contributed by atoms with Crippen LogP contribution in [0.1, 0.15) is 25.0 Å². The standard InChI is InChI=1S/C45H35N3Si/c1-45(2)33-22-12-8-18-29(33)39-34(45)26-27-37-40(39)30-19-9-13-23-35(30)48(37)36-24-14-10-20-31(36)43-46-42(28-16-6-5-7-17-28)41-32-21-11-15-25-38(32)49(3,4)44(41)47-43/h5-27H,1-4H3. The lowest BCUT2D eigenvalue weighted by Gasteiger charge is -2.21. The molecule has 10 rings (SSSR count). The molecule has 0 unspecified atom stereocenters. The van der Waals surface area contributed by atoms with E-state index in [9.17, 15) is 0 Å². The predicted molar refractivity (Wildman–Crippen MR) is 207 cm³/mol. The highest BCUT2D eigenvalue weighted by Gasteiger charge is 2.42. The first-order valence-electron chi connectivity index (χ1n) is 17.2. The maximum atomic E-state index is 5.55. The van der Waals surface area contributed by atoms with Crippen LogP contribution >= 0.6 is 0 Å². The average Bonchev–Trinajstić information content (AvgIpc) is 3.69.